The Morgan fingerprint density at radius 2 is 2.38 bits per heavy atom. The number of hydrogen-bond acceptors (Lipinski definition) is 1. The lowest BCUT2D eigenvalue weighted by atomic mass is 10.6. The van der Waals surface area contributed by atoms with Crippen LogP contribution in [0.25, 0.3) is 0 Å². The Hall–Kier alpha value is -0.0831. The predicted octanol–water partition coefficient (Wildman–Crippen LogP) is 1.49. The minimum absolute atomic E-state index is 0.928. The van der Waals surface area contributed by atoms with E-state index in [1.165, 1.54) is 12.5 Å². The van der Waals surface area contributed by atoms with Gasteiger partial charge in [-0.3, -0.25) is 0 Å². The molecule has 0 amide bonds. The summed E-state index contributed by atoms with van der Waals surface area (Å²) in [7, 11) is 0.844. The van der Waals surface area contributed by atoms with E-state index in [1.54, 1.807) is 7.11 Å². The molecule has 48 valence electrons. The van der Waals surface area contributed by atoms with Gasteiger partial charge in [0.25, 0.3) is 0 Å². The lowest BCUT2D eigenvalue weighted by Gasteiger charge is -2.03. The molecule has 0 N–H and O–H groups in total. The van der Waals surface area contributed by atoms with Crippen molar-refractivity contribution in [2.75, 3.05) is 7.11 Å². The van der Waals surface area contributed by atoms with Crippen LogP contribution in [0, 0.1) is 0 Å². The summed E-state index contributed by atoms with van der Waals surface area (Å²) in [5, 5.41) is 0. The zero-order valence-electron chi connectivity index (χ0n) is 5.68. The minimum Gasteiger partial charge on any atom is -0.419 e. The van der Waals surface area contributed by atoms with Gasteiger partial charge in [0, 0.05) is 7.11 Å². The Morgan fingerprint density at radius 1 is 1.75 bits per heavy atom. The summed E-state index contributed by atoms with van der Waals surface area (Å²) in [4.78, 5) is 0. The molecule has 0 radical (unpaired) electrons. The van der Waals surface area contributed by atoms with Crippen LogP contribution in [-0.4, -0.2) is 16.2 Å². The van der Waals surface area contributed by atoms with E-state index in [4.69, 9.17) is 4.43 Å². The summed E-state index contributed by atoms with van der Waals surface area (Å²) >= 11 is 0. The molecule has 1 atom stereocenters. The van der Waals surface area contributed by atoms with Crippen molar-refractivity contribution < 1.29 is 4.43 Å². The molecule has 0 aromatic rings. The molecule has 0 heterocycles. The second kappa shape index (κ2) is 5.06. The average molecular weight is 130 g/mol. The summed E-state index contributed by atoms with van der Waals surface area (Å²) in [6.07, 6.45) is 1.22. The van der Waals surface area contributed by atoms with Gasteiger partial charge in [-0.05, 0) is 6.04 Å². The maximum Gasteiger partial charge on any atom is 0.200 e. The van der Waals surface area contributed by atoms with Crippen LogP contribution >= 0.6 is 0 Å². The van der Waals surface area contributed by atoms with Gasteiger partial charge >= 0.3 is 0 Å². The van der Waals surface area contributed by atoms with E-state index in [0.717, 1.165) is 0 Å². The molecular weight excluding hydrogens is 116 g/mol. The molecule has 0 fully saturated rings. The quantitative estimate of drug-likeness (QED) is 0.524. The van der Waals surface area contributed by atoms with Gasteiger partial charge in [-0.2, -0.15) is 0 Å². The van der Waals surface area contributed by atoms with Crippen molar-refractivity contribution in [1.29, 1.82) is 0 Å². The normalized spacial score (nSPS) is 13.2. The first-order valence-electron chi connectivity index (χ1n) is 3.00. The highest BCUT2D eigenvalue weighted by Crippen LogP contribution is 1.96. The smallest absolute Gasteiger partial charge is 0.200 e. The molecule has 0 saturated carbocycles. The third-order valence-electron chi connectivity index (χ3n) is 1.14. The van der Waals surface area contributed by atoms with Gasteiger partial charge in [-0.1, -0.05) is 19.0 Å². The molecule has 0 aromatic heterocycles. The molecule has 0 saturated heterocycles. The van der Waals surface area contributed by atoms with E-state index >= 15 is 0 Å². The first-order valence-corrected chi connectivity index (χ1v) is 4.96. The monoisotopic (exact) mass is 130 g/mol. The molecule has 0 bridgehead atoms. The van der Waals surface area contributed by atoms with Crippen molar-refractivity contribution in [2.45, 2.75) is 19.4 Å². The van der Waals surface area contributed by atoms with Gasteiger partial charge in [0.05, 0.1) is 0 Å². The number of hydrogen-bond donors (Lipinski definition) is 0. The van der Waals surface area contributed by atoms with Gasteiger partial charge in [0.1, 0.15) is 0 Å². The van der Waals surface area contributed by atoms with E-state index in [1.807, 2.05) is 5.70 Å². The van der Waals surface area contributed by atoms with Crippen LogP contribution in [-0.2, 0) is 4.43 Å². The Kier molecular flexibility index (Phi) is 5.01. The van der Waals surface area contributed by atoms with Gasteiger partial charge in [-0.15, -0.1) is 6.58 Å². The standard InChI is InChI=1S/C6H14OSi/c1-4-6-8(5-2)7-3/h5,8H,2,4,6H2,1,3H3. The van der Waals surface area contributed by atoms with Crippen molar-refractivity contribution in [2.24, 2.45) is 0 Å². The fraction of sp³-hybridized carbons (Fsp3) is 0.667. The fourth-order valence-electron chi connectivity index (χ4n) is 0.616. The highest BCUT2D eigenvalue weighted by molar-refractivity contribution is 6.57. The SMILES string of the molecule is C=C[SiH](CCC)OC. The molecule has 2 heteroatoms. The van der Waals surface area contributed by atoms with Crippen molar-refractivity contribution in [3.05, 3.63) is 12.3 Å². The summed E-state index contributed by atoms with van der Waals surface area (Å²) in [6, 6.07) is 1.22. The molecule has 0 aromatic carbocycles. The van der Waals surface area contributed by atoms with Crippen LogP contribution in [0.5, 0.6) is 0 Å². The molecule has 1 nitrogen and oxygen atoms in total. The molecule has 8 heavy (non-hydrogen) atoms. The van der Waals surface area contributed by atoms with Crippen LogP contribution in [0.2, 0.25) is 6.04 Å². The van der Waals surface area contributed by atoms with Crippen LogP contribution in [0.4, 0.5) is 0 Å². The topological polar surface area (TPSA) is 9.23 Å². The zero-order valence-corrected chi connectivity index (χ0v) is 6.84. The Balaban J connectivity index is 3.21. The maximum absolute atomic E-state index is 5.16. The zero-order chi connectivity index (χ0) is 6.41. The third-order valence-corrected chi connectivity index (χ3v) is 3.42. The summed E-state index contributed by atoms with van der Waals surface area (Å²) < 4.78 is 5.16. The van der Waals surface area contributed by atoms with Crippen LogP contribution in [0.15, 0.2) is 12.3 Å². The van der Waals surface area contributed by atoms with Crippen molar-refractivity contribution >= 4 is 9.04 Å². The summed E-state index contributed by atoms with van der Waals surface area (Å²) in [5.74, 6) is 0. The summed E-state index contributed by atoms with van der Waals surface area (Å²) in [6.45, 7) is 5.86. The van der Waals surface area contributed by atoms with E-state index in [9.17, 15) is 0 Å². The van der Waals surface area contributed by atoms with Crippen LogP contribution in [0.3, 0.4) is 0 Å². The van der Waals surface area contributed by atoms with Crippen LogP contribution < -0.4 is 0 Å². The number of rotatable bonds is 4. The lowest BCUT2D eigenvalue weighted by molar-refractivity contribution is 0.427. The Morgan fingerprint density at radius 3 is 2.50 bits per heavy atom. The molecule has 0 spiro atoms. The first kappa shape index (κ1) is 7.92. The maximum atomic E-state index is 5.16. The summed E-state index contributed by atoms with van der Waals surface area (Å²) in [5.41, 5.74) is 1.98. The van der Waals surface area contributed by atoms with E-state index in [0.29, 0.717) is 0 Å². The molecule has 0 aliphatic rings. The van der Waals surface area contributed by atoms with Crippen molar-refractivity contribution in [1.82, 2.24) is 0 Å². The highest BCUT2D eigenvalue weighted by atomic mass is 28.3. The van der Waals surface area contributed by atoms with E-state index in [-0.39, 0.29) is 0 Å². The minimum atomic E-state index is -0.928. The fourth-order valence-corrected chi connectivity index (χ4v) is 1.85. The van der Waals surface area contributed by atoms with Gasteiger partial charge in [-0.25, -0.2) is 0 Å². The second-order valence-corrected chi connectivity index (χ2v) is 4.40. The van der Waals surface area contributed by atoms with Crippen molar-refractivity contribution in [3.8, 4) is 0 Å². The first-order chi connectivity index (χ1) is 3.85. The molecule has 1 unspecified atom stereocenters. The molecule has 0 rings (SSSR count). The molecule has 0 aliphatic carbocycles. The Labute approximate surface area is 53.1 Å². The van der Waals surface area contributed by atoms with Crippen LogP contribution in [0.1, 0.15) is 13.3 Å². The lowest BCUT2D eigenvalue weighted by Crippen LogP contribution is -2.10. The van der Waals surface area contributed by atoms with E-state index < -0.39 is 9.04 Å². The predicted molar refractivity (Wildman–Crippen MR) is 39.5 cm³/mol. The third kappa shape index (κ3) is 2.99. The average Bonchev–Trinajstić information content (AvgIpc) is 1.83. The van der Waals surface area contributed by atoms with Gasteiger partial charge in [0.2, 0.25) is 0 Å². The molecular formula is C6H14OSi. The second-order valence-electron chi connectivity index (χ2n) is 1.80. The largest absolute Gasteiger partial charge is 0.419 e. The van der Waals surface area contributed by atoms with Gasteiger partial charge < -0.3 is 4.43 Å². The highest BCUT2D eigenvalue weighted by Gasteiger charge is 2.00. The Bertz CT molecular complexity index is 63.5. The molecule has 0 aliphatic heterocycles. The van der Waals surface area contributed by atoms with E-state index in [2.05, 4.69) is 13.5 Å². The van der Waals surface area contributed by atoms with Crippen molar-refractivity contribution in [3.63, 3.8) is 0 Å². The van der Waals surface area contributed by atoms with Gasteiger partial charge in [0.15, 0.2) is 9.04 Å².